The van der Waals surface area contributed by atoms with Gasteiger partial charge in [-0.05, 0) is 30.0 Å². The molecule has 0 bridgehead atoms. The molecule has 0 saturated heterocycles. The number of anilines is 2. The molecular formula is C20H21F5N6S. The molecule has 0 radical (unpaired) electrons. The van der Waals surface area contributed by atoms with E-state index in [1.807, 2.05) is 44.1 Å². The number of rotatable bonds is 6. The minimum Gasteiger partial charge on any atom is -0.398 e. The fraction of sp³-hybridized carbons (Fsp3) is 0.350. The van der Waals surface area contributed by atoms with Crippen LogP contribution in [0.3, 0.4) is 0 Å². The van der Waals surface area contributed by atoms with Gasteiger partial charge in [-0.25, -0.2) is 9.98 Å². The summed E-state index contributed by atoms with van der Waals surface area (Å²) in [5, 5.41) is 4.62. The van der Waals surface area contributed by atoms with Gasteiger partial charge in [0.05, 0.1) is 17.9 Å². The van der Waals surface area contributed by atoms with E-state index in [0.29, 0.717) is 32.1 Å². The summed E-state index contributed by atoms with van der Waals surface area (Å²) in [6.07, 6.45) is -3.28. The van der Waals surface area contributed by atoms with E-state index < -0.39 is 18.6 Å². The first-order valence-electron chi connectivity index (χ1n) is 9.47. The molecule has 0 unspecified atom stereocenters. The summed E-state index contributed by atoms with van der Waals surface area (Å²) in [6, 6.07) is 7.05. The molecular weight excluding hydrogens is 451 g/mol. The molecule has 1 aromatic carbocycles. The number of nitrogen functional groups attached to an aromatic ring is 1. The zero-order chi connectivity index (χ0) is 23.7. The van der Waals surface area contributed by atoms with Crippen LogP contribution in [0.1, 0.15) is 12.5 Å². The van der Waals surface area contributed by atoms with E-state index in [1.165, 1.54) is 30.2 Å². The Balaban J connectivity index is 1.96. The van der Waals surface area contributed by atoms with E-state index >= 15 is 0 Å². The molecule has 12 heteroatoms. The van der Waals surface area contributed by atoms with Gasteiger partial charge >= 0.3 is 12.1 Å². The predicted molar refractivity (Wildman–Crippen MR) is 118 cm³/mol. The number of benzene rings is 1. The number of aromatic nitrogens is 3. The Morgan fingerprint density at radius 1 is 1.16 bits per heavy atom. The first-order chi connectivity index (χ1) is 14.9. The molecule has 0 aliphatic carbocycles. The third-order valence-corrected chi connectivity index (χ3v) is 5.43. The lowest BCUT2D eigenvalue weighted by Gasteiger charge is -2.19. The van der Waals surface area contributed by atoms with Crippen LogP contribution in [0.25, 0.3) is 10.9 Å². The minimum atomic E-state index is -5.67. The summed E-state index contributed by atoms with van der Waals surface area (Å²) >= 11 is 1.45. The molecule has 6 nitrogen and oxygen atoms in total. The molecule has 0 atom stereocenters. The molecule has 2 heterocycles. The van der Waals surface area contributed by atoms with Crippen molar-refractivity contribution < 1.29 is 22.0 Å². The number of aliphatic imine (C=N–C) groups is 1. The van der Waals surface area contributed by atoms with Crippen LogP contribution in [0.15, 0.2) is 41.7 Å². The Kier molecular flexibility index (Phi) is 6.63. The van der Waals surface area contributed by atoms with Crippen molar-refractivity contribution in [2.75, 3.05) is 30.5 Å². The van der Waals surface area contributed by atoms with Crippen molar-refractivity contribution in [3.8, 4) is 0 Å². The molecule has 2 aromatic heterocycles. The molecule has 0 aliphatic heterocycles. The lowest BCUT2D eigenvalue weighted by atomic mass is 10.1. The Morgan fingerprint density at radius 3 is 2.47 bits per heavy atom. The molecule has 2 N–H and O–H groups in total. The quantitative estimate of drug-likeness (QED) is 0.234. The van der Waals surface area contributed by atoms with Crippen LogP contribution in [0.2, 0.25) is 0 Å². The zero-order valence-corrected chi connectivity index (χ0v) is 18.3. The van der Waals surface area contributed by atoms with Crippen molar-refractivity contribution in [2.45, 2.75) is 25.6 Å². The second-order valence-electron chi connectivity index (χ2n) is 7.12. The number of nitrogens with zero attached hydrogens (tertiary/aromatic N) is 5. The lowest BCUT2D eigenvalue weighted by Crippen LogP contribution is -2.40. The summed E-state index contributed by atoms with van der Waals surface area (Å²) in [7, 11) is 3.79. The average molecular weight is 472 g/mol. The van der Waals surface area contributed by atoms with Crippen LogP contribution < -0.4 is 10.6 Å². The summed E-state index contributed by atoms with van der Waals surface area (Å²) in [5.74, 6) is -3.95. The van der Waals surface area contributed by atoms with Crippen molar-refractivity contribution in [1.29, 1.82) is 0 Å². The molecule has 3 rings (SSSR count). The molecule has 32 heavy (non-hydrogen) atoms. The van der Waals surface area contributed by atoms with Crippen LogP contribution in [-0.4, -0.2) is 51.8 Å². The van der Waals surface area contributed by atoms with E-state index in [4.69, 9.17) is 5.73 Å². The van der Waals surface area contributed by atoms with Gasteiger partial charge in [-0.15, -0.1) is 11.8 Å². The Labute approximate surface area is 185 Å². The predicted octanol–water partition coefficient (Wildman–Crippen LogP) is 5.11. The molecule has 0 fully saturated rings. The minimum absolute atomic E-state index is 0.0485. The number of pyridine rings is 1. The number of fused-ring (bicyclic) bond motifs is 1. The van der Waals surface area contributed by atoms with Crippen molar-refractivity contribution in [2.24, 2.45) is 4.99 Å². The van der Waals surface area contributed by atoms with Crippen molar-refractivity contribution in [3.63, 3.8) is 0 Å². The number of nitrogens with two attached hydrogens (primary N) is 1. The maximum absolute atomic E-state index is 13.4. The number of thioether (sulfide) groups is 1. The third-order valence-electron chi connectivity index (χ3n) is 4.56. The summed E-state index contributed by atoms with van der Waals surface area (Å²) in [6.45, 7) is 0.321. The molecule has 3 aromatic rings. The van der Waals surface area contributed by atoms with Crippen LogP contribution in [0.5, 0.6) is 0 Å². The maximum Gasteiger partial charge on any atom is 0.455 e. The number of hydrogen-bond acceptors (Lipinski definition) is 6. The smallest absolute Gasteiger partial charge is 0.398 e. The van der Waals surface area contributed by atoms with E-state index in [1.54, 1.807) is 0 Å². The van der Waals surface area contributed by atoms with Gasteiger partial charge in [0.1, 0.15) is 11.6 Å². The second-order valence-corrected chi connectivity index (χ2v) is 8.37. The van der Waals surface area contributed by atoms with Gasteiger partial charge in [0.2, 0.25) is 0 Å². The van der Waals surface area contributed by atoms with E-state index in [9.17, 15) is 22.0 Å². The zero-order valence-electron chi connectivity index (χ0n) is 17.5. The van der Waals surface area contributed by atoms with Gasteiger partial charge in [0.15, 0.2) is 5.82 Å². The van der Waals surface area contributed by atoms with E-state index in [2.05, 4.69) is 15.1 Å². The number of alkyl halides is 5. The topological polar surface area (TPSA) is 72.3 Å². The fourth-order valence-corrected chi connectivity index (χ4v) is 3.64. The van der Waals surface area contributed by atoms with Crippen molar-refractivity contribution >= 4 is 44.9 Å². The SMILES string of the molecule is CCSC(=Nc1cc2cnn(CC(F)(F)C(F)(F)F)c2cn1)c1ccc(N(C)C)cc1N. The van der Waals surface area contributed by atoms with Crippen molar-refractivity contribution in [3.05, 3.63) is 42.2 Å². The summed E-state index contributed by atoms with van der Waals surface area (Å²) in [5.41, 5.74) is 8.43. The largest absolute Gasteiger partial charge is 0.455 e. The molecule has 0 aliphatic rings. The Morgan fingerprint density at radius 2 is 1.88 bits per heavy atom. The first kappa shape index (κ1) is 23.8. The van der Waals surface area contributed by atoms with Gasteiger partial charge in [0.25, 0.3) is 0 Å². The molecule has 0 saturated carbocycles. The highest BCUT2D eigenvalue weighted by atomic mass is 32.2. The Bertz CT molecular complexity index is 1140. The van der Waals surface area contributed by atoms with E-state index in [-0.39, 0.29) is 11.3 Å². The first-order valence-corrected chi connectivity index (χ1v) is 10.5. The lowest BCUT2D eigenvalue weighted by molar-refractivity contribution is -0.287. The standard InChI is InChI=1S/C20H21F5N6S/c1-4-32-18(14-6-5-13(30(2)3)8-15(14)26)29-17-7-12-9-28-31(16(12)10-27-17)11-19(21,22)20(23,24)25/h5-10H,4,11,26H2,1-3H3. The molecule has 0 amide bonds. The highest BCUT2D eigenvalue weighted by Crippen LogP contribution is 2.37. The van der Waals surface area contributed by atoms with Gasteiger partial charge in [-0.1, -0.05) is 6.92 Å². The molecule has 0 spiro atoms. The van der Waals surface area contributed by atoms with Crippen molar-refractivity contribution in [1.82, 2.24) is 14.8 Å². The highest BCUT2D eigenvalue weighted by molar-refractivity contribution is 8.14. The van der Waals surface area contributed by atoms with E-state index in [0.717, 1.165) is 5.69 Å². The Hall–Kier alpha value is -2.89. The van der Waals surface area contributed by atoms with Crippen LogP contribution >= 0.6 is 11.8 Å². The third kappa shape index (κ3) is 4.95. The van der Waals surface area contributed by atoms with Gasteiger partial charge in [0, 0.05) is 36.4 Å². The van der Waals surface area contributed by atoms with Gasteiger partial charge < -0.3 is 10.6 Å². The van der Waals surface area contributed by atoms with Crippen LogP contribution in [0, 0.1) is 0 Å². The highest BCUT2D eigenvalue weighted by Gasteiger charge is 2.57. The molecule has 172 valence electrons. The normalized spacial score (nSPS) is 13.1. The number of halogens is 5. The van der Waals surface area contributed by atoms with Gasteiger partial charge in [-0.2, -0.15) is 27.1 Å². The van der Waals surface area contributed by atoms with Crippen LogP contribution in [-0.2, 0) is 6.54 Å². The maximum atomic E-state index is 13.4. The van der Waals surface area contributed by atoms with Gasteiger partial charge in [-0.3, -0.25) is 4.68 Å². The average Bonchev–Trinajstić information content (AvgIpc) is 3.08. The summed E-state index contributed by atoms with van der Waals surface area (Å²) in [4.78, 5) is 10.6. The fourth-order valence-electron chi connectivity index (χ4n) is 2.86. The monoisotopic (exact) mass is 472 g/mol. The summed E-state index contributed by atoms with van der Waals surface area (Å²) < 4.78 is 65.0. The number of hydrogen-bond donors (Lipinski definition) is 1. The second kappa shape index (κ2) is 8.93. The van der Waals surface area contributed by atoms with Crippen LogP contribution in [0.4, 0.5) is 39.1 Å².